The first kappa shape index (κ1) is 82.2. The quantitative estimate of drug-likeness (QED) is 0.0329. The Kier molecular flexibility index (Phi) is 29.5. The van der Waals surface area contributed by atoms with E-state index < -0.39 is 90.7 Å². The molecule has 544 valence electrons. The van der Waals surface area contributed by atoms with E-state index in [2.05, 4.69) is 30.2 Å². The summed E-state index contributed by atoms with van der Waals surface area (Å²) in [6.45, 7) is 0.370. The van der Waals surface area contributed by atoms with Gasteiger partial charge in [0.05, 0.1) is 71.5 Å². The fraction of sp³-hybridized carbons (Fsp3) is 0.172. The predicted octanol–water partition coefficient (Wildman–Crippen LogP) is 14.0. The third kappa shape index (κ3) is 22.7. The van der Waals surface area contributed by atoms with Crippen molar-refractivity contribution < 1.29 is 63.9 Å². The molecule has 10 rings (SSSR count). The van der Waals surface area contributed by atoms with Crippen LogP contribution in [0, 0.1) is 0 Å². The fourth-order valence-electron chi connectivity index (χ4n) is 8.17. The molecule has 6 heterocycles. The summed E-state index contributed by atoms with van der Waals surface area (Å²) in [6, 6.07) is 21.2. The van der Waals surface area contributed by atoms with Crippen LogP contribution in [0.5, 0.6) is 52.1 Å². The lowest BCUT2D eigenvalue weighted by Crippen LogP contribution is -2.34. The van der Waals surface area contributed by atoms with Gasteiger partial charge in [-0.05, 0) is 54.5 Å². The number of aromatic amines is 3. The minimum atomic E-state index is -3.47. The summed E-state index contributed by atoms with van der Waals surface area (Å²) in [6.07, 6.45) is -1.10. The van der Waals surface area contributed by atoms with Crippen molar-refractivity contribution in [3.63, 3.8) is 0 Å². The smallest absolute Gasteiger partial charge is 0.450 e. The van der Waals surface area contributed by atoms with Gasteiger partial charge in [-0.2, -0.15) is 87.2 Å². The minimum Gasteiger partial charge on any atom is -0.506 e. The van der Waals surface area contributed by atoms with Gasteiger partial charge in [0, 0.05) is 52.7 Å². The van der Waals surface area contributed by atoms with Crippen molar-refractivity contribution in [1.82, 2.24) is 59.2 Å². The van der Waals surface area contributed by atoms with Gasteiger partial charge in [0.25, 0.3) is 36.0 Å². The van der Waals surface area contributed by atoms with Gasteiger partial charge in [0.1, 0.15) is 23.9 Å². The van der Waals surface area contributed by atoms with Crippen LogP contribution in [0.25, 0.3) is 17.1 Å². The number of ether oxygens (including phenoxy) is 4. The molecule has 0 saturated heterocycles. The first-order chi connectivity index (χ1) is 48.6. The highest BCUT2D eigenvalue weighted by Crippen LogP contribution is 2.42. The number of thioether (sulfide) groups is 2. The Morgan fingerprint density at radius 2 is 0.816 bits per heavy atom. The maximum absolute atomic E-state index is 13.1. The zero-order valence-electron chi connectivity index (χ0n) is 51.7. The zero-order valence-corrected chi connectivity index (χ0v) is 60.9. The Balaban J connectivity index is 0.000000212. The van der Waals surface area contributed by atoms with Crippen LogP contribution in [0.1, 0.15) is 58.6 Å². The van der Waals surface area contributed by atoms with Crippen LogP contribution in [0.4, 0.5) is 26.3 Å². The molecule has 45 heteroatoms. The summed E-state index contributed by atoms with van der Waals surface area (Å²) in [5.41, 5.74) is -8.34. The van der Waals surface area contributed by atoms with Gasteiger partial charge in [0.15, 0.2) is 44.2 Å². The lowest BCUT2D eigenvalue weighted by molar-refractivity contribution is 0.141. The van der Waals surface area contributed by atoms with E-state index in [9.17, 15) is 73.7 Å². The minimum absolute atomic E-state index is 0.00240. The number of hydrogen-bond donors (Lipinski definition) is 5. The van der Waals surface area contributed by atoms with Crippen molar-refractivity contribution in [2.24, 2.45) is 0 Å². The molecule has 0 atom stereocenters. The van der Waals surface area contributed by atoms with Gasteiger partial charge in [-0.3, -0.25) is 29.3 Å². The molecular weight excluding hydrogens is 1630 g/mol. The van der Waals surface area contributed by atoms with Crippen molar-refractivity contribution in [2.45, 2.75) is 43.1 Å². The predicted molar refractivity (Wildman–Crippen MR) is 380 cm³/mol. The van der Waals surface area contributed by atoms with E-state index >= 15 is 0 Å². The average Bonchev–Trinajstić information content (AvgIpc) is 0.802. The van der Waals surface area contributed by atoms with Crippen LogP contribution < -0.4 is 52.7 Å². The Morgan fingerprint density at radius 1 is 0.505 bits per heavy atom. The summed E-state index contributed by atoms with van der Waals surface area (Å²) in [4.78, 5) is 87.2. The molecule has 0 saturated carbocycles. The molecule has 5 N–H and O–H groups in total. The van der Waals surface area contributed by atoms with E-state index in [0.29, 0.717) is 43.5 Å². The van der Waals surface area contributed by atoms with Crippen molar-refractivity contribution in [2.75, 3.05) is 18.8 Å². The number of rotatable bonds is 21. The second kappa shape index (κ2) is 37.0. The van der Waals surface area contributed by atoms with Crippen LogP contribution >= 0.6 is 128 Å². The average molecular weight is 1670 g/mol. The molecule has 26 nitrogen and oxygen atoms in total. The molecule has 10 aromatic rings. The van der Waals surface area contributed by atoms with E-state index in [1.807, 2.05) is 42.8 Å². The zero-order chi connectivity index (χ0) is 75.9. The van der Waals surface area contributed by atoms with E-state index in [1.165, 1.54) is 60.6 Å². The molecule has 0 amide bonds. The highest BCUT2D eigenvalue weighted by atomic mass is 35.6. The molecular formula is C58H42BCl9F6N12O14S3. The molecule has 6 aromatic heterocycles. The summed E-state index contributed by atoms with van der Waals surface area (Å²) in [5.74, 6) is 0.874. The molecule has 0 spiro atoms. The molecule has 103 heavy (non-hydrogen) atoms. The van der Waals surface area contributed by atoms with Crippen molar-refractivity contribution >= 4 is 142 Å². The lowest BCUT2D eigenvalue weighted by atomic mass is 10.2. The van der Waals surface area contributed by atoms with E-state index in [-0.39, 0.29) is 99.1 Å². The summed E-state index contributed by atoms with van der Waals surface area (Å²) in [5, 5.41) is 29.2. The van der Waals surface area contributed by atoms with Gasteiger partial charge in [-0.1, -0.05) is 99.9 Å². The van der Waals surface area contributed by atoms with Crippen LogP contribution in [0.3, 0.4) is 0 Å². The molecule has 0 aliphatic carbocycles. The molecule has 0 bridgehead atoms. The maximum Gasteiger partial charge on any atom is 0.450 e. The molecule has 0 radical (unpaired) electrons. The Bertz CT molecular complexity index is 5190. The Morgan fingerprint density at radius 3 is 1.15 bits per heavy atom. The van der Waals surface area contributed by atoms with Crippen LogP contribution in [0.15, 0.2) is 132 Å². The second-order valence-corrected chi connectivity index (χ2v) is 28.3. The number of alkyl halides is 6. The topological polar surface area (TPSA) is 353 Å². The number of H-pyrrole nitrogens is 3. The second-order valence-electron chi connectivity index (χ2n) is 20.0. The Labute approximate surface area is 627 Å². The van der Waals surface area contributed by atoms with Crippen LogP contribution in [-0.2, 0) is 33.7 Å². The molecule has 0 aliphatic heterocycles. The van der Waals surface area contributed by atoms with Crippen molar-refractivity contribution in [3.05, 3.63) is 236 Å². The van der Waals surface area contributed by atoms with Gasteiger partial charge in [0.2, 0.25) is 17.6 Å². The summed E-state index contributed by atoms with van der Waals surface area (Å²) in [7, 11) is -3.47. The van der Waals surface area contributed by atoms with E-state index in [1.54, 1.807) is 32.8 Å². The monoisotopic (exact) mass is 1670 g/mol. The van der Waals surface area contributed by atoms with Crippen LogP contribution in [-0.4, -0.2) is 102 Å². The van der Waals surface area contributed by atoms with Gasteiger partial charge >= 0.3 is 22.0 Å². The Hall–Kier alpha value is -8.14. The number of pyridine rings is 3. The number of halogens is 15. The summed E-state index contributed by atoms with van der Waals surface area (Å²) >= 11 is 54.9. The highest BCUT2D eigenvalue weighted by Gasteiger charge is 2.25. The van der Waals surface area contributed by atoms with Gasteiger partial charge in [-0.15, -0.1) is 0 Å². The fourth-order valence-corrected chi connectivity index (χ4v) is 11.7. The first-order valence-corrected chi connectivity index (χ1v) is 36.1. The molecule has 0 unspecified atom stereocenters. The number of sulfone groups is 1. The van der Waals surface area contributed by atoms with Gasteiger partial charge in [-0.25, -0.2) is 64.1 Å². The van der Waals surface area contributed by atoms with Crippen molar-refractivity contribution in [1.29, 1.82) is 0 Å². The van der Waals surface area contributed by atoms with E-state index in [0.717, 1.165) is 35.7 Å². The largest absolute Gasteiger partial charge is 0.506 e. The molecule has 0 aliphatic rings. The normalized spacial score (nSPS) is 11.1. The highest BCUT2D eigenvalue weighted by molar-refractivity contribution is 7.98. The summed E-state index contributed by atoms with van der Waals surface area (Å²) < 4.78 is 125. The standard InChI is InChI=1S/C24H18Cl2F2N4O4S.C17H12Cl2F2N4O6S.C17H12Cl2F2N4O4S.BCl3/c1-37-12-14-7-19(29-10-18(14)35-11-13-5-3-2-4-6-13)36-21-16(25)8-15(9-17(21)26)32-24(34)30-23(33)20(31-32)22(27)28;1-32(29,30)6-7-2-12(22-5-11(7)26)31-14-9(18)3-8(4-10(14)19)25-17(28)23-16(27)13(24-25)15(20)21;1-30-6-7-2-12(22-5-11(7)26)29-14-9(18)3-8(4-10(14)19)25-17(28)23-16(27)13(24-25)15(20)21;2-1(3)4/h2-10,22H,11-12H2,1H3,(H,30,33,34);2-5,15,26H,6H2,1H3,(H,23,27,28);2-5,15,26H,6H2,1H3,(H,23,27,28);. The number of hydrogen-bond acceptors (Lipinski definition) is 22. The number of nitrogens with zero attached hydrogens (tertiary/aromatic N) is 9. The maximum atomic E-state index is 13.1. The number of aromatic hydroxyl groups is 2. The number of benzene rings is 4. The lowest BCUT2D eigenvalue weighted by Gasteiger charge is -2.14. The van der Waals surface area contributed by atoms with E-state index in [4.69, 9.17) is 123 Å². The SMILES string of the molecule is CS(=O)(=O)Cc1cc(Oc2c(Cl)cc(-n3nc(C(F)F)c(=O)[nH]c3=O)cc2Cl)ncc1O.CSCc1cc(Oc2c(Cl)cc(-n3nc(C(F)F)c(=O)[nH]c3=O)cc2Cl)ncc1O.CSCc1cc(Oc2c(Cl)cc(-n3nc(C(F)F)c(=O)[nH]c3=O)cc2Cl)ncc1OCc1ccccc1.ClB(Cl)Cl. The molecule has 4 aromatic carbocycles. The first-order valence-electron chi connectivity index (χ1n) is 27.7. The number of nitrogens with one attached hydrogen (secondary N) is 3. The van der Waals surface area contributed by atoms with Crippen molar-refractivity contribution in [3.8, 4) is 69.2 Å². The van der Waals surface area contributed by atoms with Crippen LogP contribution in [0.2, 0.25) is 30.1 Å². The van der Waals surface area contributed by atoms with Gasteiger partial charge < -0.3 is 29.2 Å². The number of aromatic nitrogens is 12. The molecule has 0 fully saturated rings. The third-order valence-electron chi connectivity index (χ3n) is 12.5. The third-order valence-corrected chi connectivity index (χ3v) is 16.3.